The first-order chi connectivity index (χ1) is 9.33. The van der Waals surface area contributed by atoms with Gasteiger partial charge in [-0.2, -0.15) is 0 Å². The molecule has 3 fully saturated rings. The zero-order valence-corrected chi connectivity index (χ0v) is 12.3. The van der Waals surface area contributed by atoms with E-state index in [1.54, 1.807) is 11.8 Å². The predicted octanol–water partition coefficient (Wildman–Crippen LogP) is 0.967. The molecule has 3 atom stereocenters. The van der Waals surface area contributed by atoms with Crippen molar-refractivity contribution in [1.29, 1.82) is 0 Å². The molecule has 1 N–H and O–H groups in total. The zero-order valence-electron chi connectivity index (χ0n) is 11.5. The van der Waals surface area contributed by atoms with E-state index in [2.05, 4.69) is 10.2 Å². The Bertz CT molecular complexity index is 309. The average Bonchev–Trinajstić information content (AvgIpc) is 3.00. The van der Waals surface area contributed by atoms with Crippen LogP contribution in [0.1, 0.15) is 19.3 Å². The summed E-state index contributed by atoms with van der Waals surface area (Å²) in [5, 5.41) is 3.41. The molecule has 4 nitrogen and oxygen atoms in total. The lowest BCUT2D eigenvalue weighted by atomic mass is 10.0. The van der Waals surface area contributed by atoms with Crippen molar-refractivity contribution >= 4 is 17.7 Å². The Morgan fingerprint density at radius 3 is 2.74 bits per heavy atom. The Hall–Kier alpha value is -0.260. The van der Waals surface area contributed by atoms with Crippen LogP contribution in [0.5, 0.6) is 0 Å². The van der Waals surface area contributed by atoms with Crippen LogP contribution in [0.3, 0.4) is 0 Å². The van der Waals surface area contributed by atoms with Gasteiger partial charge in [0.15, 0.2) is 0 Å². The number of rotatable bonds is 4. The molecule has 3 rings (SSSR count). The van der Waals surface area contributed by atoms with Crippen molar-refractivity contribution in [1.82, 2.24) is 10.2 Å². The maximum absolute atomic E-state index is 12.2. The SMILES string of the molecule is O=C(CSCC1CCCCO1)N1C[C@H]2CNC[C@H]2C1. The second kappa shape index (κ2) is 6.46. The fraction of sp³-hybridized carbons (Fsp3) is 0.929. The van der Waals surface area contributed by atoms with Gasteiger partial charge in [0.25, 0.3) is 0 Å². The molecule has 0 radical (unpaired) electrons. The molecule has 0 aliphatic carbocycles. The maximum Gasteiger partial charge on any atom is 0.232 e. The molecule has 5 heteroatoms. The van der Waals surface area contributed by atoms with Crippen LogP contribution in [0.4, 0.5) is 0 Å². The minimum absolute atomic E-state index is 0.329. The minimum atomic E-state index is 0.329. The Labute approximate surface area is 119 Å². The first kappa shape index (κ1) is 13.7. The van der Waals surface area contributed by atoms with Crippen molar-refractivity contribution in [3.8, 4) is 0 Å². The molecule has 0 aromatic rings. The third-order valence-electron chi connectivity index (χ3n) is 4.55. The summed E-state index contributed by atoms with van der Waals surface area (Å²) in [6.07, 6.45) is 4.03. The molecule has 3 aliphatic heterocycles. The van der Waals surface area contributed by atoms with E-state index in [4.69, 9.17) is 4.74 Å². The highest BCUT2D eigenvalue weighted by Gasteiger charge is 2.37. The van der Waals surface area contributed by atoms with E-state index in [1.807, 2.05) is 0 Å². The van der Waals surface area contributed by atoms with Gasteiger partial charge in [-0.3, -0.25) is 4.79 Å². The molecule has 0 aromatic carbocycles. The van der Waals surface area contributed by atoms with Crippen LogP contribution >= 0.6 is 11.8 Å². The van der Waals surface area contributed by atoms with E-state index in [9.17, 15) is 4.79 Å². The van der Waals surface area contributed by atoms with Crippen molar-refractivity contribution < 1.29 is 9.53 Å². The lowest BCUT2D eigenvalue weighted by molar-refractivity contribution is -0.127. The lowest BCUT2D eigenvalue weighted by Gasteiger charge is -2.22. The van der Waals surface area contributed by atoms with Crippen molar-refractivity contribution in [2.75, 3.05) is 44.3 Å². The number of ether oxygens (including phenoxy) is 1. The standard InChI is InChI=1S/C14H24N2O2S/c17-14(10-19-9-13-3-1-2-4-18-13)16-7-11-5-15-6-12(11)8-16/h11-13,15H,1-10H2/t11-,12+,13?. The zero-order chi connectivity index (χ0) is 13.1. The molecule has 0 aromatic heterocycles. The van der Waals surface area contributed by atoms with Gasteiger partial charge in [-0.15, -0.1) is 11.8 Å². The molecule has 3 saturated heterocycles. The number of hydrogen-bond acceptors (Lipinski definition) is 4. The molecule has 1 amide bonds. The fourth-order valence-corrected chi connectivity index (χ4v) is 4.37. The van der Waals surface area contributed by atoms with Crippen LogP contribution in [0, 0.1) is 11.8 Å². The van der Waals surface area contributed by atoms with Gasteiger partial charge in [-0.05, 0) is 31.1 Å². The summed E-state index contributed by atoms with van der Waals surface area (Å²) in [6, 6.07) is 0. The van der Waals surface area contributed by atoms with Crippen LogP contribution in [-0.2, 0) is 9.53 Å². The molecule has 3 aliphatic rings. The molecule has 19 heavy (non-hydrogen) atoms. The fourth-order valence-electron chi connectivity index (χ4n) is 3.37. The van der Waals surface area contributed by atoms with E-state index in [1.165, 1.54) is 19.3 Å². The van der Waals surface area contributed by atoms with Gasteiger partial charge in [-0.25, -0.2) is 0 Å². The lowest BCUT2D eigenvalue weighted by Crippen LogP contribution is -2.33. The summed E-state index contributed by atoms with van der Waals surface area (Å²) >= 11 is 1.75. The largest absolute Gasteiger partial charge is 0.377 e. The van der Waals surface area contributed by atoms with E-state index >= 15 is 0 Å². The van der Waals surface area contributed by atoms with Gasteiger partial charge >= 0.3 is 0 Å². The van der Waals surface area contributed by atoms with E-state index < -0.39 is 0 Å². The first-order valence-electron chi connectivity index (χ1n) is 7.51. The van der Waals surface area contributed by atoms with Crippen molar-refractivity contribution in [3.05, 3.63) is 0 Å². The topological polar surface area (TPSA) is 41.6 Å². The molecule has 3 heterocycles. The molecule has 0 spiro atoms. The summed E-state index contributed by atoms with van der Waals surface area (Å²) in [7, 11) is 0. The Balaban J connectivity index is 1.35. The van der Waals surface area contributed by atoms with Crippen LogP contribution < -0.4 is 5.32 Å². The number of carbonyl (C=O) groups excluding carboxylic acids is 1. The van der Waals surface area contributed by atoms with Gasteiger partial charge in [0.2, 0.25) is 5.91 Å². The average molecular weight is 284 g/mol. The van der Waals surface area contributed by atoms with E-state index in [0.717, 1.165) is 38.5 Å². The highest BCUT2D eigenvalue weighted by atomic mass is 32.2. The normalized spacial score (nSPS) is 34.5. The summed E-state index contributed by atoms with van der Waals surface area (Å²) in [5.41, 5.74) is 0. The number of thioether (sulfide) groups is 1. The number of hydrogen-bond donors (Lipinski definition) is 1. The minimum Gasteiger partial charge on any atom is -0.377 e. The quantitative estimate of drug-likeness (QED) is 0.835. The highest BCUT2D eigenvalue weighted by Crippen LogP contribution is 2.27. The summed E-state index contributed by atoms with van der Waals surface area (Å²) in [6.45, 7) is 5.03. The van der Waals surface area contributed by atoms with Crippen molar-refractivity contribution in [2.45, 2.75) is 25.4 Å². The molecule has 108 valence electrons. The van der Waals surface area contributed by atoms with E-state index in [0.29, 0.717) is 29.6 Å². The molecular weight excluding hydrogens is 260 g/mol. The van der Waals surface area contributed by atoms with Crippen molar-refractivity contribution in [2.24, 2.45) is 11.8 Å². The third-order valence-corrected chi connectivity index (χ3v) is 5.60. The summed E-state index contributed by atoms with van der Waals surface area (Å²) in [4.78, 5) is 14.2. The second-order valence-corrected chi connectivity index (χ2v) is 7.01. The summed E-state index contributed by atoms with van der Waals surface area (Å²) in [5.74, 6) is 3.35. The Morgan fingerprint density at radius 1 is 1.26 bits per heavy atom. The monoisotopic (exact) mass is 284 g/mol. The van der Waals surface area contributed by atoms with Gasteiger partial charge in [0.1, 0.15) is 0 Å². The van der Waals surface area contributed by atoms with Gasteiger partial charge < -0.3 is 15.0 Å². The predicted molar refractivity (Wildman–Crippen MR) is 77.3 cm³/mol. The second-order valence-electron chi connectivity index (χ2n) is 5.98. The Kier molecular flexibility index (Phi) is 4.66. The first-order valence-corrected chi connectivity index (χ1v) is 8.66. The van der Waals surface area contributed by atoms with Crippen LogP contribution in [0.25, 0.3) is 0 Å². The Morgan fingerprint density at radius 2 is 2.05 bits per heavy atom. The number of amides is 1. The number of likely N-dealkylation sites (tertiary alicyclic amines) is 1. The number of nitrogens with one attached hydrogen (secondary N) is 1. The maximum atomic E-state index is 12.2. The van der Waals surface area contributed by atoms with E-state index in [-0.39, 0.29) is 0 Å². The number of nitrogens with zero attached hydrogens (tertiary/aromatic N) is 1. The molecule has 0 saturated carbocycles. The van der Waals surface area contributed by atoms with Crippen LogP contribution in [0.15, 0.2) is 0 Å². The molecule has 1 unspecified atom stereocenters. The van der Waals surface area contributed by atoms with Gasteiger partial charge in [0, 0.05) is 38.5 Å². The summed E-state index contributed by atoms with van der Waals surface area (Å²) < 4.78 is 5.69. The van der Waals surface area contributed by atoms with Crippen LogP contribution in [0.2, 0.25) is 0 Å². The molecule has 0 bridgehead atoms. The van der Waals surface area contributed by atoms with Crippen molar-refractivity contribution in [3.63, 3.8) is 0 Å². The molecular formula is C14H24N2O2S. The highest BCUT2D eigenvalue weighted by molar-refractivity contribution is 7.99. The van der Waals surface area contributed by atoms with Gasteiger partial charge in [-0.1, -0.05) is 0 Å². The number of fused-ring (bicyclic) bond motifs is 1. The smallest absolute Gasteiger partial charge is 0.232 e. The van der Waals surface area contributed by atoms with Crippen LogP contribution in [-0.4, -0.2) is 61.2 Å². The van der Waals surface area contributed by atoms with Gasteiger partial charge in [0.05, 0.1) is 11.9 Å². The third kappa shape index (κ3) is 3.44. The number of carbonyl (C=O) groups is 1.